The van der Waals surface area contributed by atoms with Crippen molar-refractivity contribution in [1.82, 2.24) is 10.2 Å². The van der Waals surface area contributed by atoms with E-state index in [0.717, 1.165) is 19.1 Å². The molecule has 0 amide bonds. The largest absolute Gasteiger partial charge is 0.313 e. The van der Waals surface area contributed by atoms with Crippen molar-refractivity contribution in [1.29, 1.82) is 0 Å². The molecular formula is C15H24N2. The molecule has 0 saturated carbocycles. The summed E-state index contributed by atoms with van der Waals surface area (Å²) < 4.78 is 0. The van der Waals surface area contributed by atoms with Gasteiger partial charge in [-0.2, -0.15) is 0 Å². The van der Waals surface area contributed by atoms with E-state index >= 15 is 0 Å². The summed E-state index contributed by atoms with van der Waals surface area (Å²) >= 11 is 0. The van der Waals surface area contributed by atoms with Crippen LogP contribution in [0, 0.1) is 0 Å². The standard InChI is InChI=1S/C15H24N2/c1-13(2)16-11-15-9-6-10-17(15)12-14-7-4-3-5-8-14/h3-5,7-8,13,15-16H,6,9-12H2,1-2H3/t15-/m0/s1. The molecule has 2 rings (SSSR count). The van der Waals surface area contributed by atoms with Crippen LogP contribution in [0.3, 0.4) is 0 Å². The molecule has 0 bridgehead atoms. The molecule has 0 aliphatic carbocycles. The third kappa shape index (κ3) is 3.83. The molecule has 1 atom stereocenters. The van der Waals surface area contributed by atoms with E-state index in [1.165, 1.54) is 24.9 Å². The van der Waals surface area contributed by atoms with Gasteiger partial charge in [0.2, 0.25) is 0 Å². The highest BCUT2D eigenvalue weighted by molar-refractivity contribution is 5.14. The Morgan fingerprint density at radius 1 is 1.29 bits per heavy atom. The molecule has 1 heterocycles. The first-order valence-corrected chi connectivity index (χ1v) is 6.77. The highest BCUT2D eigenvalue weighted by Gasteiger charge is 2.23. The maximum Gasteiger partial charge on any atom is 0.0237 e. The summed E-state index contributed by atoms with van der Waals surface area (Å²) in [5.74, 6) is 0. The Bertz CT molecular complexity index is 321. The third-order valence-corrected chi connectivity index (χ3v) is 3.49. The lowest BCUT2D eigenvalue weighted by Gasteiger charge is -2.25. The van der Waals surface area contributed by atoms with E-state index in [-0.39, 0.29) is 0 Å². The van der Waals surface area contributed by atoms with E-state index in [4.69, 9.17) is 0 Å². The molecule has 2 nitrogen and oxygen atoms in total. The second-order valence-electron chi connectivity index (χ2n) is 5.32. The topological polar surface area (TPSA) is 15.3 Å². The first kappa shape index (κ1) is 12.6. The van der Waals surface area contributed by atoms with E-state index in [0.29, 0.717) is 6.04 Å². The van der Waals surface area contributed by atoms with Gasteiger partial charge in [-0.15, -0.1) is 0 Å². The molecule has 2 heteroatoms. The smallest absolute Gasteiger partial charge is 0.0237 e. The molecule has 1 aromatic carbocycles. The van der Waals surface area contributed by atoms with Gasteiger partial charge in [-0.25, -0.2) is 0 Å². The van der Waals surface area contributed by atoms with E-state index < -0.39 is 0 Å². The van der Waals surface area contributed by atoms with Crippen LogP contribution in [0.1, 0.15) is 32.3 Å². The molecule has 0 unspecified atom stereocenters. The Hall–Kier alpha value is -0.860. The fourth-order valence-corrected chi connectivity index (χ4v) is 2.52. The summed E-state index contributed by atoms with van der Waals surface area (Å²) in [6.07, 6.45) is 2.68. The van der Waals surface area contributed by atoms with Gasteiger partial charge in [0.15, 0.2) is 0 Å². The Labute approximate surface area is 105 Å². The molecule has 1 aliphatic rings. The molecule has 1 N–H and O–H groups in total. The van der Waals surface area contributed by atoms with Crippen LogP contribution in [0.2, 0.25) is 0 Å². The Kier molecular flexibility index (Phi) is 4.57. The molecule has 17 heavy (non-hydrogen) atoms. The fourth-order valence-electron chi connectivity index (χ4n) is 2.52. The van der Waals surface area contributed by atoms with E-state index in [9.17, 15) is 0 Å². The van der Waals surface area contributed by atoms with Gasteiger partial charge in [-0.05, 0) is 24.9 Å². The summed E-state index contributed by atoms with van der Waals surface area (Å²) in [7, 11) is 0. The number of nitrogens with zero attached hydrogens (tertiary/aromatic N) is 1. The summed E-state index contributed by atoms with van der Waals surface area (Å²) in [6.45, 7) is 7.92. The average Bonchev–Trinajstić information content (AvgIpc) is 2.75. The molecule has 0 radical (unpaired) electrons. The van der Waals surface area contributed by atoms with E-state index in [1.54, 1.807) is 0 Å². The first-order chi connectivity index (χ1) is 8.25. The van der Waals surface area contributed by atoms with Gasteiger partial charge in [-0.1, -0.05) is 44.2 Å². The van der Waals surface area contributed by atoms with Crippen LogP contribution >= 0.6 is 0 Å². The Morgan fingerprint density at radius 2 is 2.06 bits per heavy atom. The molecule has 1 saturated heterocycles. The summed E-state index contributed by atoms with van der Waals surface area (Å²) in [5, 5.41) is 3.56. The third-order valence-electron chi connectivity index (χ3n) is 3.49. The van der Waals surface area contributed by atoms with Crippen molar-refractivity contribution in [3.05, 3.63) is 35.9 Å². The van der Waals surface area contributed by atoms with Crippen LogP contribution in [0.5, 0.6) is 0 Å². The highest BCUT2D eigenvalue weighted by Crippen LogP contribution is 2.19. The van der Waals surface area contributed by atoms with Crippen molar-refractivity contribution in [3.63, 3.8) is 0 Å². The first-order valence-electron chi connectivity index (χ1n) is 6.77. The number of likely N-dealkylation sites (tertiary alicyclic amines) is 1. The lowest BCUT2D eigenvalue weighted by Crippen LogP contribution is -2.39. The Balaban J connectivity index is 1.87. The highest BCUT2D eigenvalue weighted by atomic mass is 15.2. The molecule has 1 aromatic rings. The van der Waals surface area contributed by atoms with Crippen molar-refractivity contribution >= 4 is 0 Å². The van der Waals surface area contributed by atoms with Gasteiger partial charge in [0.1, 0.15) is 0 Å². The van der Waals surface area contributed by atoms with Gasteiger partial charge in [-0.3, -0.25) is 4.90 Å². The molecule has 0 spiro atoms. The van der Waals surface area contributed by atoms with Gasteiger partial charge in [0.25, 0.3) is 0 Å². The quantitative estimate of drug-likeness (QED) is 0.839. The van der Waals surface area contributed by atoms with Crippen LogP contribution in [0.25, 0.3) is 0 Å². The van der Waals surface area contributed by atoms with Crippen LogP contribution in [0.15, 0.2) is 30.3 Å². The van der Waals surface area contributed by atoms with Crippen LogP contribution < -0.4 is 5.32 Å². The zero-order valence-corrected chi connectivity index (χ0v) is 11.0. The average molecular weight is 232 g/mol. The minimum Gasteiger partial charge on any atom is -0.313 e. The van der Waals surface area contributed by atoms with Crippen molar-refractivity contribution in [3.8, 4) is 0 Å². The van der Waals surface area contributed by atoms with Gasteiger partial charge < -0.3 is 5.32 Å². The second-order valence-corrected chi connectivity index (χ2v) is 5.32. The molecular weight excluding hydrogens is 208 g/mol. The minimum atomic E-state index is 0.592. The summed E-state index contributed by atoms with van der Waals surface area (Å²) in [5.41, 5.74) is 1.43. The number of rotatable bonds is 5. The predicted octanol–water partition coefficient (Wildman–Crippen LogP) is 2.65. The molecule has 0 aromatic heterocycles. The maximum absolute atomic E-state index is 3.56. The number of benzene rings is 1. The monoisotopic (exact) mass is 232 g/mol. The maximum atomic E-state index is 3.56. The number of nitrogens with one attached hydrogen (secondary N) is 1. The van der Waals surface area contributed by atoms with Crippen LogP contribution in [-0.4, -0.2) is 30.1 Å². The zero-order valence-electron chi connectivity index (χ0n) is 11.0. The van der Waals surface area contributed by atoms with Crippen molar-refractivity contribution < 1.29 is 0 Å². The van der Waals surface area contributed by atoms with Gasteiger partial charge in [0.05, 0.1) is 0 Å². The van der Waals surface area contributed by atoms with Crippen molar-refractivity contribution in [2.45, 2.75) is 45.3 Å². The summed E-state index contributed by atoms with van der Waals surface area (Å²) in [6, 6.07) is 12.1. The second kappa shape index (κ2) is 6.18. The fraction of sp³-hybridized carbons (Fsp3) is 0.600. The van der Waals surface area contributed by atoms with E-state index in [2.05, 4.69) is 54.4 Å². The Morgan fingerprint density at radius 3 is 2.76 bits per heavy atom. The summed E-state index contributed by atoms with van der Waals surface area (Å²) in [4.78, 5) is 2.62. The van der Waals surface area contributed by atoms with Crippen LogP contribution in [0.4, 0.5) is 0 Å². The predicted molar refractivity (Wildman–Crippen MR) is 73.0 cm³/mol. The van der Waals surface area contributed by atoms with Crippen molar-refractivity contribution in [2.24, 2.45) is 0 Å². The van der Waals surface area contributed by atoms with Crippen LogP contribution in [-0.2, 0) is 6.54 Å². The SMILES string of the molecule is CC(C)NC[C@@H]1CCCN1Cc1ccccc1. The molecule has 94 valence electrons. The van der Waals surface area contributed by atoms with Gasteiger partial charge >= 0.3 is 0 Å². The number of hydrogen-bond donors (Lipinski definition) is 1. The van der Waals surface area contributed by atoms with Crippen molar-refractivity contribution in [2.75, 3.05) is 13.1 Å². The number of hydrogen-bond acceptors (Lipinski definition) is 2. The zero-order chi connectivity index (χ0) is 12.1. The lowest BCUT2D eigenvalue weighted by molar-refractivity contribution is 0.236. The molecule has 1 aliphatic heterocycles. The normalized spacial score (nSPS) is 21.2. The minimum absolute atomic E-state index is 0.592. The van der Waals surface area contributed by atoms with E-state index in [1.807, 2.05) is 0 Å². The van der Waals surface area contributed by atoms with Gasteiger partial charge in [0, 0.05) is 25.2 Å². The lowest BCUT2D eigenvalue weighted by atomic mass is 10.1. The molecule has 1 fully saturated rings.